The molecule has 0 fully saturated rings. The van der Waals surface area contributed by atoms with Gasteiger partial charge in [0.15, 0.2) is 0 Å². The molecular weight excluding hydrogens is 412 g/mol. The Kier molecular flexibility index (Phi) is 5.45. The molecule has 4 rings (SSSR count). The van der Waals surface area contributed by atoms with Crippen molar-refractivity contribution in [2.24, 2.45) is 0 Å². The van der Waals surface area contributed by atoms with Gasteiger partial charge in [0.2, 0.25) is 0 Å². The molecule has 0 saturated heterocycles. The molecule has 6 heteroatoms. The Hall–Kier alpha value is -2.96. The zero-order valence-electron chi connectivity index (χ0n) is 17.0. The lowest BCUT2D eigenvalue weighted by molar-refractivity contribution is 0.600. The average Bonchev–Trinajstić information content (AvgIpc) is 3.10. The zero-order chi connectivity index (χ0) is 21.3. The van der Waals surface area contributed by atoms with Crippen molar-refractivity contribution in [3.63, 3.8) is 0 Å². The molecule has 4 nitrogen and oxygen atoms in total. The maximum Gasteiger partial charge on any atom is 0.262 e. The second kappa shape index (κ2) is 8.05. The molecule has 0 atom stereocenters. The van der Waals surface area contributed by atoms with Crippen LogP contribution in [0.5, 0.6) is 0 Å². The van der Waals surface area contributed by atoms with Crippen LogP contribution in [-0.2, 0) is 10.0 Å². The van der Waals surface area contributed by atoms with E-state index in [1.165, 1.54) is 0 Å². The van der Waals surface area contributed by atoms with E-state index in [2.05, 4.69) is 11.6 Å². The molecular formula is C24H22N2O2S2. The first kappa shape index (κ1) is 20.3. The first-order valence-electron chi connectivity index (χ1n) is 9.57. The maximum absolute atomic E-state index is 12.8. The molecule has 0 saturated carbocycles. The highest BCUT2D eigenvalue weighted by Crippen LogP contribution is 2.33. The van der Waals surface area contributed by atoms with E-state index in [-0.39, 0.29) is 0 Å². The highest BCUT2D eigenvalue weighted by molar-refractivity contribution is 7.92. The van der Waals surface area contributed by atoms with Crippen LogP contribution in [0, 0.1) is 20.8 Å². The van der Waals surface area contributed by atoms with E-state index in [0.29, 0.717) is 10.6 Å². The highest BCUT2D eigenvalue weighted by atomic mass is 32.2. The van der Waals surface area contributed by atoms with Gasteiger partial charge in [-0.1, -0.05) is 60.2 Å². The summed E-state index contributed by atoms with van der Waals surface area (Å²) in [5.74, 6) is 0. The number of rotatable bonds is 5. The van der Waals surface area contributed by atoms with Gasteiger partial charge in [0.1, 0.15) is 5.01 Å². The lowest BCUT2D eigenvalue weighted by Crippen LogP contribution is -2.14. The lowest BCUT2D eigenvalue weighted by atomic mass is 10.1. The Labute approximate surface area is 181 Å². The van der Waals surface area contributed by atoms with E-state index < -0.39 is 10.0 Å². The van der Waals surface area contributed by atoms with Gasteiger partial charge in [-0.15, -0.1) is 11.3 Å². The highest BCUT2D eigenvalue weighted by Gasteiger charge is 2.17. The Morgan fingerprint density at radius 1 is 0.833 bits per heavy atom. The number of hydrogen-bond acceptors (Lipinski definition) is 4. The van der Waals surface area contributed by atoms with E-state index >= 15 is 0 Å². The molecule has 0 spiro atoms. The zero-order valence-corrected chi connectivity index (χ0v) is 18.6. The third kappa shape index (κ3) is 4.15. The molecule has 0 bridgehead atoms. The quantitative estimate of drug-likeness (QED) is 0.407. The minimum atomic E-state index is -3.64. The van der Waals surface area contributed by atoms with Crippen LogP contribution in [-0.4, -0.2) is 13.4 Å². The second-order valence-corrected chi connectivity index (χ2v) is 10.1. The number of aryl methyl sites for hydroxylation is 3. The molecule has 3 aromatic carbocycles. The smallest absolute Gasteiger partial charge is 0.262 e. The molecule has 152 valence electrons. The summed E-state index contributed by atoms with van der Waals surface area (Å²) in [7, 11) is -3.64. The van der Waals surface area contributed by atoms with Gasteiger partial charge in [0.25, 0.3) is 10.0 Å². The van der Waals surface area contributed by atoms with Crippen LogP contribution in [0.3, 0.4) is 0 Å². The molecule has 1 N–H and O–H groups in total. The molecule has 0 amide bonds. The number of hydrogen-bond donors (Lipinski definition) is 1. The number of anilines is 1. The summed E-state index contributed by atoms with van der Waals surface area (Å²) in [5, 5.41) is 0.975. The molecule has 0 radical (unpaired) electrons. The Bertz CT molecular complexity index is 1290. The minimum absolute atomic E-state index is 0.292. The van der Waals surface area contributed by atoms with E-state index in [9.17, 15) is 8.42 Å². The van der Waals surface area contributed by atoms with Gasteiger partial charge >= 0.3 is 0 Å². The predicted molar refractivity (Wildman–Crippen MR) is 124 cm³/mol. The van der Waals surface area contributed by atoms with Gasteiger partial charge in [0, 0.05) is 21.7 Å². The molecule has 0 unspecified atom stereocenters. The third-order valence-corrected chi connectivity index (χ3v) is 7.41. The van der Waals surface area contributed by atoms with Crippen molar-refractivity contribution >= 4 is 27.0 Å². The Balaban J connectivity index is 1.59. The van der Waals surface area contributed by atoms with Crippen molar-refractivity contribution in [2.75, 3.05) is 4.72 Å². The third-order valence-electron chi connectivity index (χ3n) is 4.85. The molecule has 1 heterocycles. The summed E-state index contributed by atoms with van der Waals surface area (Å²) in [6, 6.07) is 22.8. The van der Waals surface area contributed by atoms with E-state index in [1.54, 1.807) is 42.5 Å². The Morgan fingerprint density at radius 3 is 2.20 bits per heavy atom. The fourth-order valence-corrected chi connectivity index (χ4v) is 5.60. The van der Waals surface area contributed by atoms with Crippen LogP contribution in [0.15, 0.2) is 77.7 Å². The van der Waals surface area contributed by atoms with Gasteiger partial charge < -0.3 is 0 Å². The molecule has 1 aromatic heterocycles. The summed E-state index contributed by atoms with van der Waals surface area (Å²) in [6.07, 6.45) is 0. The molecule has 0 aliphatic heterocycles. The Morgan fingerprint density at radius 2 is 1.53 bits per heavy atom. The predicted octanol–water partition coefficient (Wildman–Crippen LogP) is 6.20. The largest absolute Gasteiger partial charge is 0.280 e. The topological polar surface area (TPSA) is 59.1 Å². The SMILES string of the molecule is Cc1ccc(S(=O)(=O)Nc2ccc(-c3nc(-c4ccccc4)sc3C)cc2)c(C)c1. The van der Waals surface area contributed by atoms with Gasteiger partial charge in [-0.05, 0) is 44.5 Å². The summed E-state index contributed by atoms with van der Waals surface area (Å²) >= 11 is 1.65. The fraction of sp³-hybridized carbons (Fsp3) is 0.125. The number of aromatic nitrogens is 1. The standard InChI is InChI=1S/C24H22N2O2S2/c1-16-9-14-22(17(2)15-16)30(27,28)26-21-12-10-19(11-13-21)23-18(3)29-24(25-23)20-7-5-4-6-8-20/h4-15,26H,1-3H3. The van der Waals surface area contributed by atoms with Crippen LogP contribution >= 0.6 is 11.3 Å². The van der Waals surface area contributed by atoms with Crippen LogP contribution in [0.25, 0.3) is 21.8 Å². The van der Waals surface area contributed by atoms with Crippen LogP contribution < -0.4 is 4.72 Å². The summed E-state index contributed by atoms with van der Waals surface area (Å²) < 4.78 is 28.2. The van der Waals surface area contributed by atoms with Gasteiger partial charge in [-0.3, -0.25) is 4.72 Å². The van der Waals surface area contributed by atoms with Crippen molar-refractivity contribution in [1.82, 2.24) is 4.98 Å². The molecule has 4 aromatic rings. The minimum Gasteiger partial charge on any atom is -0.280 e. The van der Waals surface area contributed by atoms with E-state index in [0.717, 1.165) is 37.8 Å². The number of nitrogens with one attached hydrogen (secondary N) is 1. The van der Waals surface area contributed by atoms with Crippen LogP contribution in [0.4, 0.5) is 5.69 Å². The monoisotopic (exact) mass is 434 g/mol. The summed E-state index contributed by atoms with van der Waals surface area (Å²) in [6.45, 7) is 5.80. The molecule has 30 heavy (non-hydrogen) atoms. The first-order chi connectivity index (χ1) is 14.3. The van der Waals surface area contributed by atoms with E-state index in [4.69, 9.17) is 4.98 Å². The molecule has 0 aliphatic carbocycles. The van der Waals surface area contributed by atoms with Gasteiger partial charge in [0.05, 0.1) is 10.6 Å². The van der Waals surface area contributed by atoms with Crippen molar-refractivity contribution in [3.05, 3.63) is 88.8 Å². The fourth-order valence-electron chi connectivity index (χ4n) is 3.38. The summed E-state index contributed by atoms with van der Waals surface area (Å²) in [4.78, 5) is 6.22. The number of nitrogens with zero attached hydrogens (tertiary/aromatic N) is 1. The maximum atomic E-state index is 12.8. The van der Waals surface area contributed by atoms with Crippen LogP contribution in [0.2, 0.25) is 0 Å². The first-order valence-corrected chi connectivity index (χ1v) is 11.9. The van der Waals surface area contributed by atoms with Gasteiger partial charge in [-0.2, -0.15) is 0 Å². The number of sulfonamides is 1. The van der Waals surface area contributed by atoms with E-state index in [1.807, 2.05) is 55.5 Å². The normalized spacial score (nSPS) is 11.4. The van der Waals surface area contributed by atoms with Crippen molar-refractivity contribution in [1.29, 1.82) is 0 Å². The summed E-state index contributed by atoms with van der Waals surface area (Å²) in [5.41, 5.74) is 5.25. The molecule has 0 aliphatic rings. The lowest BCUT2D eigenvalue weighted by Gasteiger charge is -2.11. The van der Waals surface area contributed by atoms with Crippen LogP contribution in [0.1, 0.15) is 16.0 Å². The average molecular weight is 435 g/mol. The van der Waals surface area contributed by atoms with Crippen molar-refractivity contribution in [3.8, 4) is 21.8 Å². The second-order valence-electron chi connectivity index (χ2n) is 7.24. The van der Waals surface area contributed by atoms with Crippen molar-refractivity contribution in [2.45, 2.75) is 25.7 Å². The van der Waals surface area contributed by atoms with Gasteiger partial charge in [-0.25, -0.2) is 13.4 Å². The number of thiazole rings is 1. The number of benzene rings is 3. The van der Waals surface area contributed by atoms with Crippen molar-refractivity contribution < 1.29 is 8.42 Å².